The molecule has 0 amide bonds. The van der Waals surface area contributed by atoms with Crippen molar-refractivity contribution in [2.24, 2.45) is 0 Å². The molecule has 0 bridgehead atoms. The standard InChI is InChI=1S/C15H17NO4/c1-9-2-3-11-10(6-9)4-5-16(15(11)19)14-7-12(18)13(8-17)20-14/h2-6,12-14,17-18H,7-8H2,1H3/t12-,13+,14+/m0/s1. The molecule has 1 aromatic heterocycles. The molecule has 1 aliphatic heterocycles. The Balaban J connectivity index is 2.03. The summed E-state index contributed by atoms with van der Waals surface area (Å²) in [4.78, 5) is 12.5. The van der Waals surface area contributed by atoms with Gasteiger partial charge in [0.25, 0.3) is 5.56 Å². The van der Waals surface area contributed by atoms with Crippen molar-refractivity contribution in [1.82, 2.24) is 4.57 Å². The van der Waals surface area contributed by atoms with Gasteiger partial charge >= 0.3 is 0 Å². The predicted molar refractivity (Wildman–Crippen MR) is 74.6 cm³/mol. The number of rotatable bonds is 2. The lowest BCUT2D eigenvalue weighted by atomic mass is 10.1. The minimum atomic E-state index is -0.745. The van der Waals surface area contributed by atoms with Crippen LogP contribution in [0.5, 0.6) is 0 Å². The van der Waals surface area contributed by atoms with Gasteiger partial charge in [0.15, 0.2) is 0 Å². The summed E-state index contributed by atoms with van der Waals surface area (Å²) >= 11 is 0. The minimum absolute atomic E-state index is 0.140. The number of pyridine rings is 1. The zero-order chi connectivity index (χ0) is 14.3. The van der Waals surface area contributed by atoms with Crippen LogP contribution >= 0.6 is 0 Å². The van der Waals surface area contributed by atoms with Crippen molar-refractivity contribution >= 4 is 10.8 Å². The number of hydrogen-bond acceptors (Lipinski definition) is 4. The van der Waals surface area contributed by atoms with Crippen LogP contribution < -0.4 is 5.56 Å². The maximum absolute atomic E-state index is 12.5. The van der Waals surface area contributed by atoms with Crippen molar-refractivity contribution < 1.29 is 14.9 Å². The number of nitrogens with zero attached hydrogens (tertiary/aromatic N) is 1. The second-order valence-corrected chi connectivity index (χ2v) is 5.23. The van der Waals surface area contributed by atoms with Gasteiger partial charge in [0, 0.05) is 18.0 Å². The lowest BCUT2D eigenvalue weighted by molar-refractivity contribution is -0.0453. The second kappa shape index (κ2) is 5.01. The molecule has 2 N–H and O–H groups in total. The molecular formula is C15H17NO4. The maximum atomic E-state index is 12.5. The molecule has 106 valence electrons. The van der Waals surface area contributed by atoms with Crippen molar-refractivity contribution in [3.05, 3.63) is 46.4 Å². The third-order valence-corrected chi connectivity index (χ3v) is 3.78. The maximum Gasteiger partial charge on any atom is 0.260 e. The van der Waals surface area contributed by atoms with Gasteiger partial charge in [-0.3, -0.25) is 9.36 Å². The summed E-state index contributed by atoms with van der Waals surface area (Å²) in [6.45, 7) is 1.73. The number of hydrogen-bond donors (Lipinski definition) is 2. The second-order valence-electron chi connectivity index (χ2n) is 5.23. The summed E-state index contributed by atoms with van der Waals surface area (Å²) in [5.41, 5.74) is 0.959. The summed E-state index contributed by atoms with van der Waals surface area (Å²) in [5.74, 6) is 0. The van der Waals surface area contributed by atoms with Gasteiger partial charge in [0.1, 0.15) is 12.3 Å². The SMILES string of the molecule is Cc1ccc2c(=O)n([C@H]3C[C@H](O)[C@@H](CO)O3)ccc2c1. The largest absolute Gasteiger partial charge is 0.394 e. The smallest absolute Gasteiger partial charge is 0.260 e. The van der Waals surface area contributed by atoms with E-state index in [9.17, 15) is 9.90 Å². The van der Waals surface area contributed by atoms with Crippen LogP contribution in [-0.4, -0.2) is 33.6 Å². The van der Waals surface area contributed by atoms with E-state index < -0.39 is 18.4 Å². The molecule has 20 heavy (non-hydrogen) atoms. The van der Waals surface area contributed by atoms with Crippen molar-refractivity contribution in [2.75, 3.05) is 6.61 Å². The fourth-order valence-corrected chi connectivity index (χ4v) is 2.66. The van der Waals surface area contributed by atoms with E-state index in [0.29, 0.717) is 11.8 Å². The Labute approximate surface area is 116 Å². The van der Waals surface area contributed by atoms with E-state index >= 15 is 0 Å². The molecule has 5 heteroatoms. The molecule has 1 aliphatic rings. The monoisotopic (exact) mass is 275 g/mol. The third kappa shape index (κ3) is 2.14. The Bertz CT molecular complexity index is 694. The van der Waals surface area contributed by atoms with E-state index in [1.165, 1.54) is 4.57 Å². The predicted octanol–water partition coefficient (Wildman–Crippen LogP) is 0.951. The quantitative estimate of drug-likeness (QED) is 0.856. The average molecular weight is 275 g/mol. The highest BCUT2D eigenvalue weighted by atomic mass is 16.5. The molecule has 3 atom stereocenters. The van der Waals surface area contributed by atoms with Gasteiger partial charge in [-0.05, 0) is 24.4 Å². The van der Waals surface area contributed by atoms with Crippen LogP contribution in [0, 0.1) is 6.92 Å². The number of aliphatic hydroxyl groups is 2. The van der Waals surface area contributed by atoms with E-state index in [0.717, 1.165) is 10.9 Å². The highest BCUT2D eigenvalue weighted by Crippen LogP contribution is 2.28. The van der Waals surface area contributed by atoms with Crippen LogP contribution in [0.4, 0.5) is 0 Å². The van der Waals surface area contributed by atoms with E-state index in [1.54, 1.807) is 12.3 Å². The summed E-state index contributed by atoms with van der Waals surface area (Å²) in [6, 6.07) is 7.53. The first-order valence-electron chi connectivity index (χ1n) is 6.66. The molecule has 3 rings (SSSR count). The van der Waals surface area contributed by atoms with E-state index in [1.807, 2.05) is 25.1 Å². The zero-order valence-corrected chi connectivity index (χ0v) is 11.2. The van der Waals surface area contributed by atoms with E-state index in [2.05, 4.69) is 0 Å². The lowest BCUT2D eigenvalue weighted by Crippen LogP contribution is -2.26. The molecule has 0 unspecified atom stereocenters. The topological polar surface area (TPSA) is 71.7 Å². The number of aryl methyl sites for hydroxylation is 1. The average Bonchev–Trinajstić information content (AvgIpc) is 2.80. The summed E-state index contributed by atoms with van der Waals surface area (Å²) < 4.78 is 7.01. The van der Waals surface area contributed by atoms with Crippen LogP contribution in [0.25, 0.3) is 10.8 Å². The minimum Gasteiger partial charge on any atom is -0.394 e. The fourth-order valence-electron chi connectivity index (χ4n) is 2.66. The summed E-state index contributed by atoms with van der Waals surface area (Å²) in [5, 5.41) is 20.4. The zero-order valence-electron chi connectivity index (χ0n) is 11.2. The highest BCUT2D eigenvalue weighted by molar-refractivity contribution is 5.82. The number of fused-ring (bicyclic) bond motifs is 1. The van der Waals surface area contributed by atoms with Crippen molar-refractivity contribution in [1.29, 1.82) is 0 Å². The van der Waals surface area contributed by atoms with Gasteiger partial charge in [-0.15, -0.1) is 0 Å². The van der Waals surface area contributed by atoms with Crippen molar-refractivity contribution in [3.63, 3.8) is 0 Å². The molecular weight excluding hydrogens is 258 g/mol. The van der Waals surface area contributed by atoms with Crippen molar-refractivity contribution in [2.45, 2.75) is 31.8 Å². The molecule has 2 heterocycles. The Hall–Kier alpha value is -1.69. The van der Waals surface area contributed by atoms with Crippen LogP contribution in [0.2, 0.25) is 0 Å². The summed E-state index contributed by atoms with van der Waals surface area (Å²) in [6.07, 6.45) is 0.0931. The lowest BCUT2D eigenvalue weighted by Gasteiger charge is -2.15. The molecule has 0 aliphatic carbocycles. The Morgan fingerprint density at radius 2 is 2.20 bits per heavy atom. The first-order valence-corrected chi connectivity index (χ1v) is 6.66. The van der Waals surface area contributed by atoms with Crippen LogP contribution in [0.1, 0.15) is 18.2 Å². The number of aliphatic hydroxyl groups excluding tert-OH is 2. The Morgan fingerprint density at radius 1 is 1.40 bits per heavy atom. The highest BCUT2D eigenvalue weighted by Gasteiger charge is 2.34. The van der Waals surface area contributed by atoms with E-state index in [4.69, 9.17) is 9.84 Å². The number of benzene rings is 1. The van der Waals surface area contributed by atoms with Gasteiger partial charge in [-0.25, -0.2) is 0 Å². The molecule has 0 spiro atoms. The number of aromatic nitrogens is 1. The molecule has 1 aromatic carbocycles. The van der Waals surface area contributed by atoms with Gasteiger partial charge in [-0.2, -0.15) is 0 Å². The van der Waals surface area contributed by atoms with Gasteiger partial charge in [0.05, 0.1) is 12.7 Å². The fraction of sp³-hybridized carbons (Fsp3) is 0.400. The third-order valence-electron chi connectivity index (χ3n) is 3.78. The molecule has 0 saturated carbocycles. The first kappa shape index (κ1) is 13.3. The molecule has 0 radical (unpaired) electrons. The first-order chi connectivity index (χ1) is 9.60. The van der Waals surface area contributed by atoms with Gasteiger partial charge in [0.2, 0.25) is 0 Å². The van der Waals surface area contributed by atoms with Crippen LogP contribution in [0.15, 0.2) is 35.3 Å². The Morgan fingerprint density at radius 3 is 2.90 bits per heavy atom. The molecule has 2 aromatic rings. The van der Waals surface area contributed by atoms with Gasteiger partial charge in [-0.1, -0.05) is 17.7 Å². The number of ether oxygens (including phenoxy) is 1. The molecule has 5 nitrogen and oxygen atoms in total. The van der Waals surface area contributed by atoms with E-state index in [-0.39, 0.29) is 12.2 Å². The van der Waals surface area contributed by atoms with Crippen LogP contribution in [0.3, 0.4) is 0 Å². The van der Waals surface area contributed by atoms with Crippen molar-refractivity contribution in [3.8, 4) is 0 Å². The van der Waals surface area contributed by atoms with Gasteiger partial charge < -0.3 is 14.9 Å². The molecule has 1 fully saturated rings. The Kier molecular flexibility index (Phi) is 3.33. The normalized spacial score (nSPS) is 26.2. The summed E-state index contributed by atoms with van der Waals surface area (Å²) in [7, 11) is 0. The van der Waals surface area contributed by atoms with Crippen LogP contribution in [-0.2, 0) is 4.74 Å². The molecule has 1 saturated heterocycles.